The molecule has 1 aliphatic heterocycles. The van der Waals surface area contributed by atoms with Gasteiger partial charge in [0.2, 0.25) is 5.96 Å². The number of nitrogens with two attached hydrogens (primary N) is 1. The molecule has 1 fully saturated rings. The first kappa shape index (κ1) is 14.8. The van der Waals surface area contributed by atoms with E-state index in [1.165, 1.54) is 19.4 Å². The number of aliphatic imine (C=N–C) groups is 1. The molecule has 110 valence electrons. The van der Waals surface area contributed by atoms with Crippen molar-refractivity contribution in [3.8, 4) is 0 Å². The molecule has 0 amide bonds. The lowest BCUT2D eigenvalue weighted by molar-refractivity contribution is 0.233. The number of benzene rings is 1. The molecular weight excluding hydrogens is 250 g/mol. The third-order valence-electron chi connectivity index (χ3n) is 3.87. The van der Waals surface area contributed by atoms with E-state index in [4.69, 9.17) is 5.84 Å². The Labute approximate surface area is 121 Å². The lowest BCUT2D eigenvalue weighted by atomic mass is 10.2. The number of nitrogens with zero attached hydrogens (tertiary/aromatic N) is 3. The van der Waals surface area contributed by atoms with Crippen molar-refractivity contribution < 1.29 is 0 Å². The lowest BCUT2D eigenvalue weighted by Gasteiger charge is -2.29. The predicted octanol–water partition coefficient (Wildman–Crippen LogP) is 1.55. The van der Waals surface area contributed by atoms with Gasteiger partial charge in [-0.05, 0) is 38.1 Å². The van der Waals surface area contributed by atoms with Gasteiger partial charge in [-0.25, -0.2) is 10.8 Å². The summed E-state index contributed by atoms with van der Waals surface area (Å²) in [4.78, 5) is 9.18. The van der Waals surface area contributed by atoms with E-state index in [-0.39, 0.29) is 0 Å². The second-order valence-electron chi connectivity index (χ2n) is 5.22. The van der Waals surface area contributed by atoms with Gasteiger partial charge in [-0.2, -0.15) is 0 Å². The van der Waals surface area contributed by atoms with Gasteiger partial charge >= 0.3 is 0 Å². The number of rotatable bonds is 4. The summed E-state index contributed by atoms with van der Waals surface area (Å²) >= 11 is 0. The molecule has 1 saturated heterocycles. The van der Waals surface area contributed by atoms with Gasteiger partial charge in [0.25, 0.3) is 0 Å². The first-order valence-corrected chi connectivity index (χ1v) is 7.30. The Morgan fingerprint density at radius 1 is 1.45 bits per heavy atom. The number of hydrazine groups is 1. The van der Waals surface area contributed by atoms with Crippen molar-refractivity contribution in [3.05, 3.63) is 30.3 Å². The van der Waals surface area contributed by atoms with Crippen LogP contribution >= 0.6 is 0 Å². The van der Waals surface area contributed by atoms with Crippen molar-refractivity contribution >= 4 is 11.6 Å². The monoisotopic (exact) mass is 275 g/mol. The van der Waals surface area contributed by atoms with E-state index in [1.54, 1.807) is 0 Å². The largest absolute Gasteiger partial charge is 0.343 e. The molecule has 3 N–H and O–H groups in total. The van der Waals surface area contributed by atoms with Crippen LogP contribution in [-0.2, 0) is 0 Å². The number of likely N-dealkylation sites (tertiary alicyclic amines) is 1. The van der Waals surface area contributed by atoms with Crippen LogP contribution in [-0.4, -0.2) is 48.5 Å². The van der Waals surface area contributed by atoms with Crippen LogP contribution in [0, 0.1) is 0 Å². The molecule has 2 rings (SSSR count). The Hall–Kier alpha value is -1.59. The average molecular weight is 275 g/mol. The van der Waals surface area contributed by atoms with Crippen molar-refractivity contribution in [2.24, 2.45) is 10.8 Å². The molecule has 1 aromatic carbocycles. The maximum atomic E-state index is 5.63. The highest BCUT2D eigenvalue weighted by Crippen LogP contribution is 2.17. The molecule has 0 aromatic heterocycles. The Balaban J connectivity index is 2.02. The van der Waals surface area contributed by atoms with Crippen LogP contribution < -0.4 is 11.3 Å². The number of nitrogens with one attached hydrogen (secondary N) is 1. The molecule has 0 bridgehead atoms. The standard InChI is InChI=1S/C15H25N5/c1-3-20-11-7-10-14(20)12-19(2)15(18-16)17-13-8-5-4-6-9-13/h4-6,8-9,14H,3,7,10-12,16H2,1-2H3,(H,17,18). The summed E-state index contributed by atoms with van der Waals surface area (Å²) in [6.07, 6.45) is 2.54. The van der Waals surface area contributed by atoms with Crippen LogP contribution in [0.15, 0.2) is 35.3 Å². The fourth-order valence-corrected chi connectivity index (χ4v) is 2.77. The van der Waals surface area contributed by atoms with Crippen LogP contribution in [0.25, 0.3) is 0 Å². The molecule has 0 spiro atoms. The zero-order valence-corrected chi connectivity index (χ0v) is 12.4. The van der Waals surface area contributed by atoms with Crippen LogP contribution in [0.2, 0.25) is 0 Å². The van der Waals surface area contributed by atoms with Crippen LogP contribution in [0.1, 0.15) is 19.8 Å². The first-order chi connectivity index (χ1) is 9.74. The molecule has 1 aromatic rings. The van der Waals surface area contributed by atoms with Crippen LogP contribution in [0.4, 0.5) is 5.69 Å². The topological polar surface area (TPSA) is 56.9 Å². The average Bonchev–Trinajstić information content (AvgIpc) is 2.92. The van der Waals surface area contributed by atoms with E-state index in [9.17, 15) is 0 Å². The molecule has 0 radical (unpaired) electrons. The van der Waals surface area contributed by atoms with E-state index >= 15 is 0 Å². The number of para-hydroxylation sites is 1. The minimum absolute atomic E-state index is 0.597. The SMILES string of the molecule is CCN1CCCC1CN(C)C(=Nc1ccccc1)NN. The molecule has 1 unspecified atom stereocenters. The van der Waals surface area contributed by atoms with E-state index in [0.717, 1.165) is 18.8 Å². The Morgan fingerprint density at radius 3 is 2.85 bits per heavy atom. The minimum atomic E-state index is 0.597. The van der Waals surface area contributed by atoms with Gasteiger partial charge in [-0.15, -0.1) is 0 Å². The minimum Gasteiger partial charge on any atom is -0.343 e. The summed E-state index contributed by atoms with van der Waals surface area (Å²) in [6, 6.07) is 10.5. The fraction of sp³-hybridized carbons (Fsp3) is 0.533. The van der Waals surface area contributed by atoms with Crippen molar-refractivity contribution in [1.82, 2.24) is 15.2 Å². The summed E-state index contributed by atoms with van der Waals surface area (Å²) in [5.41, 5.74) is 3.62. The fourth-order valence-electron chi connectivity index (χ4n) is 2.77. The van der Waals surface area contributed by atoms with Crippen molar-refractivity contribution in [2.45, 2.75) is 25.8 Å². The van der Waals surface area contributed by atoms with Crippen LogP contribution in [0.3, 0.4) is 0 Å². The number of hydrogen-bond donors (Lipinski definition) is 2. The van der Waals surface area contributed by atoms with E-state index in [1.807, 2.05) is 37.4 Å². The lowest BCUT2D eigenvalue weighted by Crippen LogP contribution is -2.47. The molecule has 0 aliphatic carbocycles. The highest BCUT2D eigenvalue weighted by atomic mass is 15.4. The quantitative estimate of drug-likeness (QED) is 0.379. The third kappa shape index (κ3) is 3.71. The number of guanidine groups is 1. The zero-order valence-electron chi connectivity index (χ0n) is 12.4. The number of likely N-dealkylation sites (N-methyl/N-ethyl adjacent to an activating group) is 2. The summed E-state index contributed by atoms with van der Waals surface area (Å²) in [5.74, 6) is 6.33. The number of hydrogen-bond acceptors (Lipinski definition) is 3. The summed E-state index contributed by atoms with van der Waals surface area (Å²) < 4.78 is 0. The predicted molar refractivity (Wildman–Crippen MR) is 83.8 cm³/mol. The van der Waals surface area contributed by atoms with Crippen molar-refractivity contribution in [3.63, 3.8) is 0 Å². The molecule has 5 heteroatoms. The molecule has 20 heavy (non-hydrogen) atoms. The summed E-state index contributed by atoms with van der Waals surface area (Å²) in [6.45, 7) is 5.48. The van der Waals surface area contributed by atoms with Gasteiger partial charge in [-0.3, -0.25) is 10.3 Å². The Kier molecular flexibility index (Phi) is 5.38. The third-order valence-corrected chi connectivity index (χ3v) is 3.87. The Morgan fingerprint density at radius 2 is 2.20 bits per heavy atom. The molecule has 1 atom stereocenters. The molecular formula is C15H25N5. The van der Waals surface area contributed by atoms with Gasteiger partial charge < -0.3 is 4.90 Å². The maximum Gasteiger partial charge on any atom is 0.213 e. The van der Waals surface area contributed by atoms with Crippen LogP contribution in [0.5, 0.6) is 0 Å². The van der Waals surface area contributed by atoms with Gasteiger partial charge in [0.15, 0.2) is 0 Å². The maximum absolute atomic E-state index is 5.63. The molecule has 1 aliphatic rings. The molecule has 1 heterocycles. The van der Waals surface area contributed by atoms with Gasteiger partial charge in [-0.1, -0.05) is 25.1 Å². The second kappa shape index (κ2) is 7.26. The van der Waals surface area contributed by atoms with Crippen molar-refractivity contribution in [1.29, 1.82) is 0 Å². The molecule has 5 nitrogen and oxygen atoms in total. The zero-order chi connectivity index (χ0) is 14.4. The van der Waals surface area contributed by atoms with Gasteiger partial charge in [0.1, 0.15) is 0 Å². The Bertz CT molecular complexity index is 431. The normalized spacial score (nSPS) is 20.1. The van der Waals surface area contributed by atoms with E-state index in [2.05, 4.69) is 27.1 Å². The second-order valence-corrected chi connectivity index (χ2v) is 5.22. The van der Waals surface area contributed by atoms with E-state index < -0.39 is 0 Å². The summed E-state index contributed by atoms with van der Waals surface area (Å²) in [5, 5.41) is 0. The first-order valence-electron chi connectivity index (χ1n) is 7.30. The van der Waals surface area contributed by atoms with E-state index in [0.29, 0.717) is 12.0 Å². The highest BCUT2D eigenvalue weighted by molar-refractivity contribution is 5.82. The summed E-state index contributed by atoms with van der Waals surface area (Å²) in [7, 11) is 2.04. The van der Waals surface area contributed by atoms with Gasteiger partial charge in [0.05, 0.1) is 5.69 Å². The smallest absolute Gasteiger partial charge is 0.213 e. The highest BCUT2D eigenvalue weighted by Gasteiger charge is 2.24. The van der Waals surface area contributed by atoms with Crippen molar-refractivity contribution in [2.75, 3.05) is 26.7 Å². The molecule has 0 saturated carbocycles. The van der Waals surface area contributed by atoms with Gasteiger partial charge in [0, 0.05) is 19.6 Å².